The Hall–Kier alpha value is -2.40. The van der Waals surface area contributed by atoms with Crippen molar-refractivity contribution in [1.82, 2.24) is 4.90 Å². The van der Waals surface area contributed by atoms with Gasteiger partial charge in [-0.1, -0.05) is 26.0 Å². The van der Waals surface area contributed by atoms with Gasteiger partial charge in [-0.2, -0.15) is 0 Å². The molecule has 0 spiro atoms. The number of rotatable bonds is 7. The fraction of sp³-hybridized carbons (Fsp3) is 0.480. The molecule has 0 saturated carbocycles. The van der Waals surface area contributed by atoms with Crippen molar-refractivity contribution < 1.29 is 9.18 Å². The monoisotopic (exact) mass is 411 g/mol. The molecule has 0 bridgehead atoms. The summed E-state index contributed by atoms with van der Waals surface area (Å²) in [6.07, 6.45) is 2.36. The van der Waals surface area contributed by atoms with Crippen molar-refractivity contribution in [3.8, 4) is 0 Å². The zero-order valence-electron chi connectivity index (χ0n) is 18.6. The molecular formula is C25H34FN3O. The molecule has 30 heavy (non-hydrogen) atoms. The third-order valence-corrected chi connectivity index (χ3v) is 5.74. The predicted molar refractivity (Wildman–Crippen MR) is 122 cm³/mol. The van der Waals surface area contributed by atoms with E-state index in [1.54, 1.807) is 12.1 Å². The van der Waals surface area contributed by atoms with Gasteiger partial charge < -0.3 is 9.80 Å². The van der Waals surface area contributed by atoms with Crippen molar-refractivity contribution in [2.45, 2.75) is 45.7 Å². The summed E-state index contributed by atoms with van der Waals surface area (Å²) in [5.41, 5.74) is 3.32. The van der Waals surface area contributed by atoms with Crippen molar-refractivity contribution in [1.29, 1.82) is 0 Å². The minimum atomic E-state index is -0.273. The normalized spacial score (nSPS) is 15.4. The Morgan fingerprint density at radius 3 is 2.10 bits per heavy atom. The van der Waals surface area contributed by atoms with Gasteiger partial charge in [0.25, 0.3) is 0 Å². The number of anilines is 2. The third-order valence-electron chi connectivity index (χ3n) is 5.74. The molecule has 1 amide bonds. The number of amides is 1. The Balaban J connectivity index is 1.64. The summed E-state index contributed by atoms with van der Waals surface area (Å²) < 4.78 is 13.4. The summed E-state index contributed by atoms with van der Waals surface area (Å²) in [7, 11) is 4.10. The van der Waals surface area contributed by atoms with Gasteiger partial charge in [-0.15, -0.1) is 0 Å². The van der Waals surface area contributed by atoms with Crippen molar-refractivity contribution in [3.63, 3.8) is 0 Å². The van der Waals surface area contributed by atoms with Gasteiger partial charge in [-0.05, 0) is 60.7 Å². The second-order valence-electron chi connectivity index (χ2n) is 8.91. The van der Waals surface area contributed by atoms with Crippen molar-refractivity contribution >= 4 is 17.3 Å². The minimum Gasteiger partial charge on any atom is -0.378 e. The van der Waals surface area contributed by atoms with Crippen LogP contribution in [0.5, 0.6) is 0 Å². The fourth-order valence-electron chi connectivity index (χ4n) is 4.10. The first-order valence-electron chi connectivity index (χ1n) is 10.9. The molecule has 5 heteroatoms. The lowest BCUT2D eigenvalue weighted by atomic mass is 9.99. The summed E-state index contributed by atoms with van der Waals surface area (Å²) >= 11 is 0. The maximum atomic E-state index is 13.4. The van der Waals surface area contributed by atoms with Crippen molar-refractivity contribution in [2.75, 3.05) is 37.0 Å². The quantitative estimate of drug-likeness (QED) is 0.646. The molecule has 2 aromatic rings. The number of likely N-dealkylation sites (tertiary alicyclic amines) is 1. The van der Waals surface area contributed by atoms with Crippen LogP contribution in [-0.4, -0.2) is 44.0 Å². The summed E-state index contributed by atoms with van der Waals surface area (Å²) in [4.78, 5) is 19.5. The molecule has 1 aliphatic heterocycles. The van der Waals surface area contributed by atoms with Gasteiger partial charge in [0.15, 0.2) is 0 Å². The van der Waals surface area contributed by atoms with Crippen LogP contribution in [0.2, 0.25) is 0 Å². The van der Waals surface area contributed by atoms with Crippen LogP contribution in [0.3, 0.4) is 0 Å². The number of benzene rings is 2. The standard InChI is InChI=1S/C25H34FN3O/c1-19(2)17-25(30)29(23-11-7-21(26)8-12-23)24-13-15-28(16-14-24)18-20-5-9-22(10-6-20)27(3)4/h5-12,19,24H,13-18H2,1-4H3. The molecule has 0 unspecified atom stereocenters. The van der Waals surface area contributed by atoms with Crippen LogP contribution in [0.15, 0.2) is 48.5 Å². The SMILES string of the molecule is CC(C)CC(=O)N(c1ccc(F)cc1)C1CCN(Cc2ccc(N(C)C)cc2)CC1. The molecule has 0 N–H and O–H groups in total. The van der Waals surface area contributed by atoms with Gasteiger partial charge in [0.05, 0.1) is 0 Å². The second kappa shape index (κ2) is 10.1. The molecule has 0 atom stereocenters. The highest BCUT2D eigenvalue weighted by Gasteiger charge is 2.29. The number of piperidine rings is 1. The first-order valence-corrected chi connectivity index (χ1v) is 10.9. The fourth-order valence-corrected chi connectivity index (χ4v) is 4.10. The highest BCUT2D eigenvalue weighted by Crippen LogP contribution is 2.27. The summed E-state index contributed by atoms with van der Waals surface area (Å²) in [5.74, 6) is 0.158. The van der Waals surface area contributed by atoms with Crippen LogP contribution >= 0.6 is 0 Å². The molecule has 2 aromatic carbocycles. The topological polar surface area (TPSA) is 26.8 Å². The molecule has 1 heterocycles. The molecular weight excluding hydrogens is 377 g/mol. The largest absolute Gasteiger partial charge is 0.378 e. The number of nitrogens with zero attached hydrogens (tertiary/aromatic N) is 3. The number of hydrogen-bond donors (Lipinski definition) is 0. The molecule has 0 aliphatic carbocycles. The minimum absolute atomic E-state index is 0.134. The first kappa shape index (κ1) is 22.3. The molecule has 1 aliphatic rings. The molecule has 3 rings (SSSR count). The van der Waals surface area contributed by atoms with E-state index in [1.165, 1.54) is 23.4 Å². The van der Waals surface area contributed by atoms with Crippen LogP contribution in [0, 0.1) is 11.7 Å². The number of halogens is 1. The Morgan fingerprint density at radius 1 is 1.00 bits per heavy atom. The highest BCUT2D eigenvalue weighted by molar-refractivity contribution is 5.94. The van der Waals surface area contributed by atoms with Crippen LogP contribution in [0.1, 0.15) is 38.7 Å². The van der Waals surface area contributed by atoms with Crippen LogP contribution < -0.4 is 9.80 Å². The lowest BCUT2D eigenvalue weighted by molar-refractivity contribution is -0.120. The number of hydrogen-bond acceptors (Lipinski definition) is 3. The zero-order chi connectivity index (χ0) is 21.7. The van der Waals surface area contributed by atoms with E-state index in [0.717, 1.165) is 38.2 Å². The third kappa shape index (κ3) is 5.82. The maximum Gasteiger partial charge on any atom is 0.227 e. The maximum absolute atomic E-state index is 13.4. The molecule has 4 nitrogen and oxygen atoms in total. The molecule has 162 valence electrons. The average molecular weight is 412 g/mol. The number of carbonyl (C=O) groups is 1. The lowest BCUT2D eigenvalue weighted by Crippen LogP contribution is -2.47. The lowest BCUT2D eigenvalue weighted by Gasteiger charge is -2.39. The van der Waals surface area contributed by atoms with E-state index in [4.69, 9.17) is 0 Å². The van der Waals surface area contributed by atoms with Crippen molar-refractivity contribution in [2.24, 2.45) is 5.92 Å². The summed E-state index contributed by atoms with van der Waals surface area (Å²) in [5, 5.41) is 0. The first-order chi connectivity index (χ1) is 14.3. The van der Waals surface area contributed by atoms with Gasteiger partial charge in [0.2, 0.25) is 5.91 Å². The van der Waals surface area contributed by atoms with E-state index in [1.807, 2.05) is 19.0 Å². The van der Waals surface area contributed by atoms with E-state index >= 15 is 0 Å². The molecule has 0 aromatic heterocycles. The van der Waals surface area contributed by atoms with E-state index in [-0.39, 0.29) is 17.8 Å². The Kier molecular flexibility index (Phi) is 7.48. The Labute approximate surface area is 180 Å². The van der Waals surface area contributed by atoms with Gasteiger partial charge >= 0.3 is 0 Å². The smallest absolute Gasteiger partial charge is 0.227 e. The summed E-state index contributed by atoms with van der Waals surface area (Å²) in [6, 6.07) is 15.2. The van der Waals surface area contributed by atoms with Crippen molar-refractivity contribution in [3.05, 3.63) is 59.9 Å². The van der Waals surface area contributed by atoms with Gasteiger partial charge in [0, 0.05) is 57.6 Å². The van der Waals surface area contributed by atoms with Crippen LogP contribution in [0.25, 0.3) is 0 Å². The highest BCUT2D eigenvalue weighted by atomic mass is 19.1. The van der Waals surface area contributed by atoms with Gasteiger partial charge in [-0.3, -0.25) is 9.69 Å². The van der Waals surface area contributed by atoms with E-state index in [9.17, 15) is 9.18 Å². The van der Waals surface area contributed by atoms with Crippen LogP contribution in [-0.2, 0) is 11.3 Å². The predicted octanol–water partition coefficient (Wildman–Crippen LogP) is 4.94. The van der Waals surface area contributed by atoms with Crippen LogP contribution in [0.4, 0.5) is 15.8 Å². The van der Waals surface area contributed by atoms with Gasteiger partial charge in [-0.25, -0.2) is 4.39 Å². The average Bonchev–Trinajstić information content (AvgIpc) is 2.71. The van der Waals surface area contributed by atoms with E-state index in [2.05, 4.69) is 47.9 Å². The second-order valence-corrected chi connectivity index (χ2v) is 8.91. The number of carbonyl (C=O) groups excluding carboxylic acids is 1. The molecule has 1 saturated heterocycles. The van der Waals surface area contributed by atoms with E-state index < -0.39 is 0 Å². The van der Waals surface area contributed by atoms with Gasteiger partial charge in [0.1, 0.15) is 5.82 Å². The zero-order valence-corrected chi connectivity index (χ0v) is 18.6. The Morgan fingerprint density at radius 2 is 1.57 bits per heavy atom. The molecule has 0 radical (unpaired) electrons. The summed E-state index contributed by atoms with van der Waals surface area (Å²) in [6.45, 7) is 6.95. The Bertz CT molecular complexity index is 809. The van der Waals surface area contributed by atoms with E-state index in [0.29, 0.717) is 12.3 Å². The molecule has 1 fully saturated rings.